The molecule has 6 aromatic carbocycles. The molecule has 1 heterocycles. The Bertz CT molecular complexity index is 1840. The van der Waals surface area contributed by atoms with Crippen LogP contribution < -0.4 is 26.5 Å². The fourth-order valence-electron chi connectivity index (χ4n) is 6.55. The van der Waals surface area contributed by atoms with E-state index in [-0.39, 0.29) is 7.30 Å². The first-order valence-corrected chi connectivity index (χ1v) is 29.7. The molecule has 0 radical (unpaired) electrons. The standard InChI is InChI=1S/C44H46P6/c1-2-4-21-37-46(40-34-32-39(33-35-40)38-22-10-5-11-23-38)48(42-26-14-7-15-27-42)50(44-30-18-9-19-31-44)49(43-28-16-8-17-29-43)47(45-36-20-3-1)41-24-12-6-13-25-41/h5-19,22-35,45H,1-4,20-21,36-37H2. The van der Waals surface area contributed by atoms with Gasteiger partial charge in [0, 0.05) is 0 Å². The van der Waals surface area contributed by atoms with Crippen LogP contribution in [-0.2, 0) is 0 Å². The lowest BCUT2D eigenvalue weighted by Gasteiger charge is -2.43. The van der Waals surface area contributed by atoms with Crippen LogP contribution >= 0.6 is 45.1 Å². The highest BCUT2D eigenvalue weighted by atomic mass is 32.8. The van der Waals surface area contributed by atoms with E-state index in [1.165, 1.54) is 62.0 Å². The summed E-state index contributed by atoms with van der Waals surface area (Å²) in [6, 6.07) is 68.2. The van der Waals surface area contributed by atoms with E-state index < -0.39 is 29.5 Å². The maximum atomic E-state index is 2.53. The van der Waals surface area contributed by atoms with E-state index in [1.807, 2.05) is 0 Å². The van der Waals surface area contributed by atoms with Gasteiger partial charge in [-0.05, 0) is 99.6 Å². The van der Waals surface area contributed by atoms with Crippen LogP contribution in [0.15, 0.2) is 176 Å². The average Bonchev–Trinajstić information content (AvgIpc) is 3.20. The summed E-state index contributed by atoms with van der Waals surface area (Å²) in [7, 11) is -1.36. The van der Waals surface area contributed by atoms with Crippen LogP contribution in [0.25, 0.3) is 11.1 Å². The third kappa shape index (κ3) is 9.27. The highest BCUT2D eigenvalue weighted by Gasteiger charge is 2.41. The zero-order valence-electron chi connectivity index (χ0n) is 28.6. The second-order valence-electron chi connectivity index (χ2n) is 12.6. The highest BCUT2D eigenvalue weighted by molar-refractivity contribution is 8.95. The Morgan fingerprint density at radius 1 is 0.320 bits per heavy atom. The van der Waals surface area contributed by atoms with Gasteiger partial charge in [0.2, 0.25) is 0 Å². The smallest absolute Gasteiger partial charge is 0.00602 e. The second-order valence-corrected chi connectivity index (χ2v) is 35.7. The van der Waals surface area contributed by atoms with Crippen LogP contribution in [-0.4, -0.2) is 12.3 Å². The molecule has 1 saturated heterocycles. The second kappa shape index (κ2) is 19.1. The molecule has 6 unspecified atom stereocenters. The third-order valence-electron chi connectivity index (χ3n) is 9.07. The molecule has 1 aliphatic rings. The maximum Gasteiger partial charge on any atom is -0.00602 e. The van der Waals surface area contributed by atoms with Gasteiger partial charge >= 0.3 is 0 Å². The molecule has 6 atom stereocenters. The van der Waals surface area contributed by atoms with Crippen molar-refractivity contribution in [2.75, 3.05) is 12.3 Å². The van der Waals surface area contributed by atoms with Gasteiger partial charge < -0.3 is 0 Å². The molecule has 0 spiro atoms. The van der Waals surface area contributed by atoms with Crippen molar-refractivity contribution in [3.8, 4) is 11.1 Å². The van der Waals surface area contributed by atoms with Crippen LogP contribution in [0.4, 0.5) is 0 Å². The lowest BCUT2D eigenvalue weighted by molar-refractivity contribution is 0.629. The minimum Gasteiger partial charge on any atom is -0.0862 e. The summed E-state index contributed by atoms with van der Waals surface area (Å²) >= 11 is 0. The summed E-state index contributed by atoms with van der Waals surface area (Å²) < 4.78 is 0. The molecule has 252 valence electrons. The lowest BCUT2D eigenvalue weighted by atomic mass is 10.1. The Balaban J connectivity index is 1.46. The number of rotatable bonds is 6. The van der Waals surface area contributed by atoms with Crippen LogP contribution in [0, 0.1) is 0 Å². The number of benzene rings is 6. The predicted molar refractivity (Wildman–Crippen MR) is 236 cm³/mol. The maximum absolute atomic E-state index is 2.53. The van der Waals surface area contributed by atoms with Gasteiger partial charge in [0.05, 0.1) is 0 Å². The van der Waals surface area contributed by atoms with Gasteiger partial charge in [-0.15, -0.1) is 0 Å². The van der Waals surface area contributed by atoms with Gasteiger partial charge in [-0.3, -0.25) is 0 Å². The monoisotopic (exact) mass is 760 g/mol. The fraction of sp³-hybridized carbons (Fsp3) is 0.182. The summed E-state index contributed by atoms with van der Waals surface area (Å²) in [6.45, 7) is 0. The molecule has 0 bridgehead atoms. The van der Waals surface area contributed by atoms with Gasteiger partial charge in [0.25, 0.3) is 0 Å². The van der Waals surface area contributed by atoms with Gasteiger partial charge in [0.1, 0.15) is 0 Å². The zero-order valence-corrected chi connectivity index (χ0v) is 34.1. The molecule has 0 aliphatic carbocycles. The van der Waals surface area contributed by atoms with Crippen molar-refractivity contribution in [2.45, 2.75) is 38.5 Å². The molecule has 0 nitrogen and oxygen atoms in total. The summed E-state index contributed by atoms with van der Waals surface area (Å²) in [6.07, 6.45) is 10.9. The molecular formula is C44H46P6. The Kier molecular flexibility index (Phi) is 13.9. The summed E-state index contributed by atoms with van der Waals surface area (Å²) in [5, 5.41) is 8.05. The molecule has 0 aromatic heterocycles. The van der Waals surface area contributed by atoms with Crippen LogP contribution in [0.3, 0.4) is 0 Å². The largest absolute Gasteiger partial charge is 0.0862 e. The minimum atomic E-state index is -0.538. The Morgan fingerprint density at radius 3 is 1.30 bits per heavy atom. The first kappa shape index (κ1) is 36.3. The quantitative estimate of drug-likeness (QED) is 0.148. The van der Waals surface area contributed by atoms with Crippen molar-refractivity contribution < 1.29 is 0 Å². The Labute approximate surface area is 308 Å². The lowest BCUT2D eigenvalue weighted by Crippen LogP contribution is -2.14. The topological polar surface area (TPSA) is 0 Å². The highest BCUT2D eigenvalue weighted by Crippen LogP contribution is 3.03. The molecule has 0 N–H and O–H groups in total. The van der Waals surface area contributed by atoms with Gasteiger partial charge in [-0.2, -0.15) is 0 Å². The van der Waals surface area contributed by atoms with E-state index in [0.717, 1.165) is 8.27 Å². The Hall–Kier alpha value is -2.10. The molecule has 0 amide bonds. The Morgan fingerprint density at radius 2 is 0.740 bits per heavy atom. The van der Waals surface area contributed by atoms with Crippen molar-refractivity contribution >= 4 is 71.6 Å². The van der Waals surface area contributed by atoms with Crippen molar-refractivity contribution in [1.29, 1.82) is 0 Å². The zero-order chi connectivity index (χ0) is 33.8. The van der Waals surface area contributed by atoms with E-state index in [9.17, 15) is 0 Å². The summed E-state index contributed by atoms with van der Waals surface area (Å²) in [4.78, 5) is 0. The molecule has 7 rings (SSSR count). The van der Waals surface area contributed by atoms with Gasteiger partial charge in [-0.25, -0.2) is 0 Å². The van der Waals surface area contributed by atoms with Crippen LogP contribution in [0.2, 0.25) is 0 Å². The summed E-state index contributed by atoms with van der Waals surface area (Å²) in [5.74, 6) is 0. The third-order valence-corrected chi connectivity index (χ3v) is 46.5. The molecule has 6 heteroatoms. The van der Waals surface area contributed by atoms with Gasteiger partial charge in [0.15, 0.2) is 0 Å². The average molecular weight is 761 g/mol. The van der Waals surface area contributed by atoms with E-state index in [2.05, 4.69) is 176 Å². The van der Waals surface area contributed by atoms with Crippen molar-refractivity contribution in [1.82, 2.24) is 0 Å². The van der Waals surface area contributed by atoms with Crippen molar-refractivity contribution in [3.63, 3.8) is 0 Å². The molecule has 50 heavy (non-hydrogen) atoms. The molecule has 0 saturated carbocycles. The SMILES string of the molecule is c1ccc(-c2ccc(P3CCCCCCCCPP(c4ccccc4)P(c4ccccc4)P(c4ccccc4)P3c3ccccc3)cc2)cc1. The van der Waals surface area contributed by atoms with Crippen molar-refractivity contribution in [2.24, 2.45) is 0 Å². The van der Waals surface area contributed by atoms with Crippen molar-refractivity contribution in [3.05, 3.63) is 176 Å². The molecule has 1 fully saturated rings. The van der Waals surface area contributed by atoms with Gasteiger partial charge in [-0.1, -0.05) is 210 Å². The van der Waals surface area contributed by atoms with Crippen LogP contribution in [0.5, 0.6) is 0 Å². The van der Waals surface area contributed by atoms with E-state index >= 15 is 0 Å². The molecule has 6 aromatic rings. The fourth-order valence-corrected chi connectivity index (χ4v) is 58.1. The molecular weight excluding hydrogens is 714 g/mol. The van der Waals surface area contributed by atoms with E-state index in [4.69, 9.17) is 0 Å². The number of hydrogen-bond donors (Lipinski definition) is 0. The molecule has 1 aliphatic heterocycles. The minimum absolute atomic E-state index is 0.370. The first-order chi connectivity index (χ1) is 24.9. The first-order valence-electron chi connectivity index (χ1n) is 17.9. The van der Waals surface area contributed by atoms with Crippen LogP contribution in [0.1, 0.15) is 38.5 Å². The number of hydrogen-bond acceptors (Lipinski definition) is 0. The normalized spacial score (nSPS) is 22.8. The summed E-state index contributed by atoms with van der Waals surface area (Å²) in [5.41, 5.74) is 2.62. The van der Waals surface area contributed by atoms with E-state index in [1.54, 1.807) is 26.5 Å². The predicted octanol–water partition coefficient (Wildman–Crippen LogP) is 13.3. The van der Waals surface area contributed by atoms with E-state index in [0.29, 0.717) is 0 Å².